The second kappa shape index (κ2) is 10.7. The summed E-state index contributed by atoms with van der Waals surface area (Å²) < 4.78 is 32.7. The zero-order valence-electron chi connectivity index (χ0n) is 17.5. The monoisotopic (exact) mass is 461 g/mol. The highest BCUT2D eigenvalue weighted by atomic mass is 32.2. The molecule has 0 unspecified atom stereocenters. The van der Waals surface area contributed by atoms with Gasteiger partial charge in [0.15, 0.2) is 5.11 Å². The number of anilines is 1. The smallest absolute Gasteiger partial charge is 0.257 e. The molecule has 0 spiro atoms. The van der Waals surface area contributed by atoms with Crippen molar-refractivity contribution < 1.29 is 17.9 Å². The van der Waals surface area contributed by atoms with Crippen LogP contribution in [-0.2, 0) is 10.0 Å². The molecule has 2 N–H and O–H groups in total. The molecule has 2 aromatic carbocycles. The minimum Gasteiger partial charge on any atom is -0.494 e. The van der Waals surface area contributed by atoms with Gasteiger partial charge in [0.2, 0.25) is 10.0 Å². The van der Waals surface area contributed by atoms with Crippen molar-refractivity contribution in [1.29, 1.82) is 0 Å². The Hall–Kier alpha value is -2.49. The lowest BCUT2D eigenvalue weighted by atomic mass is 10.2. The number of hydrogen-bond donors (Lipinski definition) is 2. The maximum Gasteiger partial charge on any atom is 0.257 e. The Balaban J connectivity index is 1.61. The van der Waals surface area contributed by atoms with E-state index in [-0.39, 0.29) is 15.9 Å². The third-order valence-electron chi connectivity index (χ3n) is 4.95. The Bertz CT molecular complexity index is 1020. The number of ether oxygens (including phenoxy) is 1. The van der Waals surface area contributed by atoms with Crippen LogP contribution in [0.25, 0.3) is 0 Å². The SMILES string of the molecule is CCOc1cccc(C(=O)NC(=S)Nc2ccc(S(=O)(=O)N3CCCCCC3)cc2)c1. The molecule has 31 heavy (non-hydrogen) atoms. The summed E-state index contributed by atoms with van der Waals surface area (Å²) in [7, 11) is -3.50. The van der Waals surface area contributed by atoms with Gasteiger partial charge in [-0.2, -0.15) is 4.31 Å². The second-order valence-electron chi connectivity index (χ2n) is 7.21. The number of sulfonamides is 1. The summed E-state index contributed by atoms with van der Waals surface area (Å²) in [6.45, 7) is 3.50. The molecule has 7 nitrogen and oxygen atoms in total. The number of benzene rings is 2. The number of thiocarbonyl (C=S) groups is 1. The third kappa shape index (κ3) is 6.25. The fraction of sp³-hybridized carbons (Fsp3) is 0.364. The summed E-state index contributed by atoms with van der Waals surface area (Å²) in [5, 5.41) is 5.65. The van der Waals surface area contributed by atoms with E-state index in [2.05, 4.69) is 10.6 Å². The molecule has 3 rings (SSSR count). The molecular formula is C22H27N3O4S2. The maximum absolute atomic E-state index is 12.9. The summed E-state index contributed by atoms with van der Waals surface area (Å²) in [5.41, 5.74) is 1.01. The van der Waals surface area contributed by atoms with Crippen LogP contribution in [0.2, 0.25) is 0 Å². The van der Waals surface area contributed by atoms with Crippen LogP contribution >= 0.6 is 12.2 Å². The van der Waals surface area contributed by atoms with E-state index < -0.39 is 10.0 Å². The Morgan fingerprint density at radius 1 is 1.06 bits per heavy atom. The average molecular weight is 462 g/mol. The van der Waals surface area contributed by atoms with E-state index in [1.807, 2.05) is 6.92 Å². The van der Waals surface area contributed by atoms with Crippen LogP contribution in [0.4, 0.5) is 5.69 Å². The highest BCUT2D eigenvalue weighted by molar-refractivity contribution is 7.89. The zero-order chi connectivity index (χ0) is 22.3. The van der Waals surface area contributed by atoms with Gasteiger partial charge < -0.3 is 10.1 Å². The van der Waals surface area contributed by atoms with Crippen LogP contribution < -0.4 is 15.4 Å². The fourth-order valence-corrected chi connectivity index (χ4v) is 5.10. The molecule has 2 aromatic rings. The van der Waals surface area contributed by atoms with Crippen molar-refractivity contribution in [3.8, 4) is 5.75 Å². The fourth-order valence-electron chi connectivity index (χ4n) is 3.37. The zero-order valence-corrected chi connectivity index (χ0v) is 19.1. The Morgan fingerprint density at radius 3 is 2.39 bits per heavy atom. The van der Waals surface area contributed by atoms with E-state index in [0.717, 1.165) is 25.7 Å². The van der Waals surface area contributed by atoms with Gasteiger partial charge in [-0.1, -0.05) is 18.9 Å². The van der Waals surface area contributed by atoms with E-state index in [0.29, 0.717) is 36.7 Å². The maximum atomic E-state index is 12.9. The second-order valence-corrected chi connectivity index (χ2v) is 9.56. The molecule has 0 aromatic heterocycles. The molecule has 0 bridgehead atoms. The highest BCUT2D eigenvalue weighted by Gasteiger charge is 2.25. The first-order valence-corrected chi connectivity index (χ1v) is 12.2. The third-order valence-corrected chi connectivity index (χ3v) is 7.07. The van der Waals surface area contributed by atoms with Gasteiger partial charge in [-0.25, -0.2) is 8.42 Å². The van der Waals surface area contributed by atoms with Crippen LogP contribution in [0.5, 0.6) is 5.75 Å². The van der Waals surface area contributed by atoms with E-state index in [9.17, 15) is 13.2 Å². The van der Waals surface area contributed by atoms with Crippen molar-refractivity contribution in [3.05, 3.63) is 54.1 Å². The summed E-state index contributed by atoms with van der Waals surface area (Å²) in [4.78, 5) is 12.7. The van der Waals surface area contributed by atoms with Crippen LogP contribution in [-0.4, -0.2) is 43.4 Å². The molecule has 1 heterocycles. The predicted octanol–water partition coefficient (Wildman–Crippen LogP) is 3.78. The lowest BCUT2D eigenvalue weighted by Crippen LogP contribution is -2.34. The molecule has 0 aliphatic carbocycles. The number of hydrogen-bond acceptors (Lipinski definition) is 5. The van der Waals surface area contributed by atoms with Crippen LogP contribution in [0.15, 0.2) is 53.4 Å². The minimum absolute atomic E-state index is 0.120. The Morgan fingerprint density at radius 2 is 1.74 bits per heavy atom. The van der Waals surface area contributed by atoms with Gasteiger partial charge in [0, 0.05) is 24.3 Å². The topological polar surface area (TPSA) is 87.7 Å². The predicted molar refractivity (Wildman–Crippen MR) is 125 cm³/mol. The van der Waals surface area contributed by atoms with Crippen molar-refractivity contribution in [2.45, 2.75) is 37.5 Å². The summed E-state index contributed by atoms with van der Waals surface area (Å²) in [6.07, 6.45) is 3.91. The Labute approximate surface area is 188 Å². The van der Waals surface area contributed by atoms with Crippen molar-refractivity contribution in [1.82, 2.24) is 9.62 Å². The average Bonchev–Trinajstić information content (AvgIpc) is 3.05. The minimum atomic E-state index is -3.50. The van der Waals surface area contributed by atoms with Crippen molar-refractivity contribution in [3.63, 3.8) is 0 Å². The summed E-state index contributed by atoms with van der Waals surface area (Å²) in [5.74, 6) is 0.245. The van der Waals surface area contributed by atoms with E-state index in [1.165, 1.54) is 0 Å². The van der Waals surface area contributed by atoms with Crippen molar-refractivity contribution in [2.75, 3.05) is 25.0 Å². The lowest BCUT2D eigenvalue weighted by molar-refractivity contribution is 0.0977. The standard InChI is InChI=1S/C22H27N3O4S2/c1-2-29-19-9-7-8-17(16-19)21(26)24-22(30)23-18-10-12-20(13-11-18)31(27,28)25-14-5-3-4-6-15-25/h7-13,16H,2-6,14-15H2,1H3,(H2,23,24,26,30). The number of rotatable bonds is 6. The van der Waals surface area contributed by atoms with E-state index >= 15 is 0 Å². The summed E-state index contributed by atoms with van der Waals surface area (Å²) >= 11 is 5.22. The van der Waals surface area contributed by atoms with Crippen molar-refractivity contribution in [2.24, 2.45) is 0 Å². The van der Waals surface area contributed by atoms with Crippen molar-refractivity contribution >= 4 is 38.9 Å². The molecular weight excluding hydrogens is 434 g/mol. The first-order valence-electron chi connectivity index (χ1n) is 10.4. The van der Waals surface area contributed by atoms with Gasteiger partial charge in [-0.3, -0.25) is 10.1 Å². The number of carbonyl (C=O) groups is 1. The molecule has 1 aliphatic heterocycles. The van der Waals surface area contributed by atoms with Gasteiger partial charge >= 0.3 is 0 Å². The van der Waals surface area contributed by atoms with Gasteiger partial charge in [-0.05, 0) is 74.4 Å². The van der Waals surface area contributed by atoms with Gasteiger partial charge in [0.1, 0.15) is 5.75 Å². The highest BCUT2D eigenvalue weighted by Crippen LogP contribution is 2.22. The molecule has 1 amide bonds. The number of carbonyl (C=O) groups excluding carboxylic acids is 1. The van der Waals surface area contributed by atoms with Gasteiger partial charge in [0.25, 0.3) is 5.91 Å². The summed E-state index contributed by atoms with van der Waals surface area (Å²) in [6, 6.07) is 13.2. The molecule has 1 aliphatic rings. The number of amides is 1. The van der Waals surface area contributed by atoms with Crippen LogP contribution in [0.3, 0.4) is 0 Å². The molecule has 0 radical (unpaired) electrons. The Kier molecular flexibility index (Phi) is 8.00. The molecule has 166 valence electrons. The molecule has 1 saturated heterocycles. The molecule has 0 saturated carbocycles. The largest absolute Gasteiger partial charge is 0.494 e. The molecule has 0 atom stereocenters. The van der Waals surface area contributed by atoms with E-state index in [4.69, 9.17) is 17.0 Å². The normalized spacial score (nSPS) is 15.0. The molecule has 1 fully saturated rings. The number of nitrogens with zero attached hydrogens (tertiary/aromatic N) is 1. The number of nitrogens with one attached hydrogen (secondary N) is 2. The van der Waals surface area contributed by atoms with Gasteiger partial charge in [0.05, 0.1) is 11.5 Å². The van der Waals surface area contributed by atoms with Gasteiger partial charge in [-0.15, -0.1) is 0 Å². The molecule has 9 heteroatoms. The quantitative estimate of drug-likeness (QED) is 0.637. The van der Waals surface area contributed by atoms with E-state index in [1.54, 1.807) is 52.8 Å². The van der Waals surface area contributed by atoms with Crippen LogP contribution in [0, 0.1) is 0 Å². The van der Waals surface area contributed by atoms with Crippen LogP contribution in [0.1, 0.15) is 43.0 Å². The first-order chi connectivity index (χ1) is 14.9. The first kappa shape index (κ1) is 23.2. The lowest BCUT2D eigenvalue weighted by Gasteiger charge is -2.20.